The van der Waals surface area contributed by atoms with E-state index < -0.39 is 6.10 Å². The standard InChI is InChI=1S/C12H22N2O3/c1-12(7-13-8-12)17-6-11(16)14-9-4-2-3-5-10(9)15/h9-10,13,15H,2-8H2,1H3,(H,14,16)/t9-,10-/m1/s1. The first kappa shape index (κ1) is 12.8. The molecule has 0 unspecified atom stereocenters. The first-order valence-corrected chi connectivity index (χ1v) is 6.41. The summed E-state index contributed by atoms with van der Waals surface area (Å²) in [4.78, 5) is 11.7. The number of ether oxygens (including phenoxy) is 1. The number of aliphatic hydroxyl groups excluding tert-OH is 1. The van der Waals surface area contributed by atoms with Crippen molar-refractivity contribution in [1.29, 1.82) is 0 Å². The van der Waals surface area contributed by atoms with Crippen LogP contribution in [0.25, 0.3) is 0 Å². The maximum atomic E-state index is 11.7. The van der Waals surface area contributed by atoms with Crippen LogP contribution in [0.5, 0.6) is 0 Å². The van der Waals surface area contributed by atoms with Crippen molar-refractivity contribution in [2.75, 3.05) is 19.7 Å². The molecule has 98 valence electrons. The van der Waals surface area contributed by atoms with Gasteiger partial charge < -0.3 is 20.5 Å². The van der Waals surface area contributed by atoms with Crippen molar-refractivity contribution < 1.29 is 14.6 Å². The van der Waals surface area contributed by atoms with Crippen LogP contribution in [0.15, 0.2) is 0 Å². The van der Waals surface area contributed by atoms with E-state index in [1.165, 1.54) is 0 Å². The predicted octanol–water partition coefficient (Wildman–Crippen LogP) is -0.215. The molecule has 1 saturated carbocycles. The summed E-state index contributed by atoms with van der Waals surface area (Å²) in [6.45, 7) is 3.67. The molecule has 0 radical (unpaired) electrons. The zero-order valence-corrected chi connectivity index (χ0v) is 10.4. The van der Waals surface area contributed by atoms with Gasteiger partial charge in [-0.15, -0.1) is 0 Å². The fraction of sp³-hybridized carbons (Fsp3) is 0.917. The molecule has 0 aromatic rings. The van der Waals surface area contributed by atoms with Gasteiger partial charge in [-0.1, -0.05) is 12.8 Å². The van der Waals surface area contributed by atoms with Crippen molar-refractivity contribution in [2.24, 2.45) is 0 Å². The van der Waals surface area contributed by atoms with Crippen LogP contribution in [0.2, 0.25) is 0 Å². The number of hydrogen-bond donors (Lipinski definition) is 3. The molecule has 1 aliphatic carbocycles. The molecule has 1 aliphatic heterocycles. The number of aliphatic hydroxyl groups is 1. The summed E-state index contributed by atoms with van der Waals surface area (Å²) in [5.41, 5.74) is -0.192. The summed E-state index contributed by atoms with van der Waals surface area (Å²) in [6.07, 6.45) is 3.38. The Balaban J connectivity index is 1.69. The molecule has 5 heteroatoms. The number of hydrogen-bond acceptors (Lipinski definition) is 4. The largest absolute Gasteiger partial charge is 0.391 e. The van der Waals surface area contributed by atoms with Crippen LogP contribution in [0.3, 0.4) is 0 Å². The molecule has 3 N–H and O–H groups in total. The Hall–Kier alpha value is -0.650. The van der Waals surface area contributed by atoms with Crippen LogP contribution in [0, 0.1) is 0 Å². The van der Waals surface area contributed by atoms with Crippen molar-refractivity contribution >= 4 is 5.91 Å². The lowest BCUT2D eigenvalue weighted by Gasteiger charge is -2.39. The Kier molecular flexibility index (Phi) is 4.01. The summed E-state index contributed by atoms with van der Waals surface area (Å²) in [6, 6.07) is -0.0906. The Morgan fingerprint density at radius 1 is 1.47 bits per heavy atom. The molecule has 1 amide bonds. The van der Waals surface area contributed by atoms with E-state index in [1.54, 1.807) is 0 Å². The van der Waals surface area contributed by atoms with E-state index in [9.17, 15) is 9.90 Å². The quantitative estimate of drug-likeness (QED) is 0.637. The zero-order chi connectivity index (χ0) is 12.3. The zero-order valence-electron chi connectivity index (χ0n) is 10.4. The van der Waals surface area contributed by atoms with Crippen LogP contribution >= 0.6 is 0 Å². The monoisotopic (exact) mass is 242 g/mol. The lowest BCUT2D eigenvalue weighted by Crippen LogP contribution is -2.60. The van der Waals surface area contributed by atoms with Gasteiger partial charge in [-0.3, -0.25) is 4.79 Å². The number of amides is 1. The number of carbonyl (C=O) groups excluding carboxylic acids is 1. The van der Waals surface area contributed by atoms with Crippen LogP contribution in [-0.2, 0) is 9.53 Å². The average Bonchev–Trinajstić information content (AvgIpc) is 2.27. The summed E-state index contributed by atoms with van der Waals surface area (Å²) in [7, 11) is 0. The minimum Gasteiger partial charge on any atom is -0.391 e. The molecule has 0 aromatic carbocycles. The molecule has 2 aliphatic rings. The fourth-order valence-corrected chi connectivity index (χ4v) is 2.35. The predicted molar refractivity (Wildman–Crippen MR) is 63.6 cm³/mol. The molecule has 0 aromatic heterocycles. The molecule has 1 saturated heterocycles. The van der Waals surface area contributed by atoms with Gasteiger partial charge in [0.25, 0.3) is 0 Å². The summed E-state index contributed by atoms with van der Waals surface area (Å²) in [5.74, 6) is -0.121. The third-order valence-corrected chi connectivity index (χ3v) is 3.63. The van der Waals surface area contributed by atoms with Crippen LogP contribution in [0.1, 0.15) is 32.6 Å². The van der Waals surface area contributed by atoms with E-state index in [0.717, 1.165) is 38.8 Å². The second-order valence-corrected chi connectivity index (χ2v) is 5.37. The van der Waals surface area contributed by atoms with E-state index in [0.29, 0.717) is 0 Å². The lowest BCUT2D eigenvalue weighted by atomic mass is 9.92. The van der Waals surface area contributed by atoms with E-state index >= 15 is 0 Å². The van der Waals surface area contributed by atoms with Crippen molar-refractivity contribution in [2.45, 2.75) is 50.4 Å². The SMILES string of the molecule is CC1(OCC(=O)N[C@@H]2CCCC[C@H]2O)CNC1. The van der Waals surface area contributed by atoms with Gasteiger partial charge in [0.15, 0.2) is 0 Å². The maximum absolute atomic E-state index is 11.7. The third kappa shape index (κ3) is 3.40. The van der Waals surface area contributed by atoms with Crippen molar-refractivity contribution in [3.05, 3.63) is 0 Å². The molecule has 5 nitrogen and oxygen atoms in total. The Bertz CT molecular complexity index is 279. The van der Waals surface area contributed by atoms with Gasteiger partial charge in [-0.25, -0.2) is 0 Å². The fourth-order valence-electron chi connectivity index (χ4n) is 2.35. The van der Waals surface area contributed by atoms with E-state index in [1.807, 2.05) is 6.92 Å². The van der Waals surface area contributed by atoms with Gasteiger partial charge in [0.05, 0.1) is 17.7 Å². The highest BCUT2D eigenvalue weighted by atomic mass is 16.5. The highest BCUT2D eigenvalue weighted by Crippen LogP contribution is 2.18. The molecule has 2 atom stereocenters. The lowest BCUT2D eigenvalue weighted by molar-refractivity contribution is -0.137. The molecular weight excluding hydrogens is 220 g/mol. The third-order valence-electron chi connectivity index (χ3n) is 3.63. The highest BCUT2D eigenvalue weighted by molar-refractivity contribution is 5.77. The summed E-state index contributed by atoms with van der Waals surface area (Å²) in [5, 5.41) is 15.7. The van der Waals surface area contributed by atoms with Crippen LogP contribution < -0.4 is 10.6 Å². The molecule has 2 rings (SSSR count). The normalized spacial score (nSPS) is 31.6. The highest BCUT2D eigenvalue weighted by Gasteiger charge is 2.33. The smallest absolute Gasteiger partial charge is 0.246 e. The van der Waals surface area contributed by atoms with Crippen molar-refractivity contribution in [3.8, 4) is 0 Å². The number of nitrogens with one attached hydrogen (secondary N) is 2. The topological polar surface area (TPSA) is 70.6 Å². The number of carbonyl (C=O) groups is 1. The summed E-state index contributed by atoms with van der Waals surface area (Å²) < 4.78 is 5.55. The minimum atomic E-state index is -0.395. The van der Waals surface area contributed by atoms with Crippen LogP contribution in [-0.4, -0.2) is 48.5 Å². The van der Waals surface area contributed by atoms with Gasteiger partial charge in [0.2, 0.25) is 5.91 Å². The Morgan fingerprint density at radius 2 is 2.18 bits per heavy atom. The molecule has 0 bridgehead atoms. The van der Waals surface area contributed by atoms with Crippen molar-refractivity contribution in [1.82, 2.24) is 10.6 Å². The molecule has 1 heterocycles. The second kappa shape index (κ2) is 5.33. The van der Waals surface area contributed by atoms with E-state index in [2.05, 4.69) is 10.6 Å². The van der Waals surface area contributed by atoms with Gasteiger partial charge in [-0.2, -0.15) is 0 Å². The van der Waals surface area contributed by atoms with E-state index in [4.69, 9.17) is 4.74 Å². The Morgan fingerprint density at radius 3 is 2.76 bits per heavy atom. The van der Waals surface area contributed by atoms with E-state index in [-0.39, 0.29) is 24.2 Å². The van der Waals surface area contributed by atoms with Gasteiger partial charge >= 0.3 is 0 Å². The average molecular weight is 242 g/mol. The van der Waals surface area contributed by atoms with Crippen LogP contribution in [0.4, 0.5) is 0 Å². The molecule has 17 heavy (non-hydrogen) atoms. The Labute approximate surface area is 102 Å². The van der Waals surface area contributed by atoms with Gasteiger partial charge in [0, 0.05) is 13.1 Å². The van der Waals surface area contributed by atoms with Gasteiger partial charge in [-0.05, 0) is 19.8 Å². The first-order valence-electron chi connectivity index (χ1n) is 6.41. The second-order valence-electron chi connectivity index (χ2n) is 5.37. The first-order chi connectivity index (χ1) is 8.09. The van der Waals surface area contributed by atoms with Gasteiger partial charge in [0.1, 0.15) is 6.61 Å². The molecule has 2 fully saturated rings. The minimum absolute atomic E-state index is 0.0847. The van der Waals surface area contributed by atoms with Crippen molar-refractivity contribution in [3.63, 3.8) is 0 Å². The number of rotatable bonds is 4. The molecule has 0 spiro atoms. The maximum Gasteiger partial charge on any atom is 0.246 e. The molecular formula is C12H22N2O3. The summed E-state index contributed by atoms with van der Waals surface area (Å²) >= 11 is 0.